The molecular formula is C16H24N2OS. The predicted octanol–water partition coefficient (Wildman–Crippen LogP) is 2.72. The normalized spacial score (nSPS) is 25.1. The number of nitrogens with one attached hydrogen (secondary N) is 1. The Kier molecular flexibility index (Phi) is 5.49. The first-order valence-corrected chi connectivity index (χ1v) is 8.56. The molecule has 3 nitrogen and oxygen atoms in total. The summed E-state index contributed by atoms with van der Waals surface area (Å²) in [6.45, 7) is 1.91. The Balaban J connectivity index is 1.95. The summed E-state index contributed by atoms with van der Waals surface area (Å²) in [7, 11) is 0. The lowest BCUT2D eigenvalue weighted by Crippen LogP contribution is -2.43. The van der Waals surface area contributed by atoms with Gasteiger partial charge in [-0.25, -0.2) is 0 Å². The Hall–Kier alpha value is -1.00. The molecule has 1 saturated carbocycles. The molecule has 1 aliphatic rings. The second kappa shape index (κ2) is 7.14. The molecule has 110 valence electrons. The summed E-state index contributed by atoms with van der Waals surface area (Å²) in [4.78, 5) is 12.4. The van der Waals surface area contributed by atoms with Gasteiger partial charge in [-0.15, -0.1) is 0 Å². The van der Waals surface area contributed by atoms with Crippen molar-refractivity contribution in [2.24, 2.45) is 11.7 Å². The third kappa shape index (κ3) is 3.55. The van der Waals surface area contributed by atoms with E-state index in [1.165, 1.54) is 12.8 Å². The average molecular weight is 292 g/mol. The van der Waals surface area contributed by atoms with Crippen molar-refractivity contribution < 1.29 is 4.79 Å². The van der Waals surface area contributed by atoms with Crippen LogP contribution in [0.25, 0.3) is 0 Å². The van der Waals surface area contributed by atoms with Crippen LogP contribution in [0.15, 0.2) is 30.3 Å². The van der Waals surface area contributed by atoms with Crippen LogP contribution in [0.2, 0.25) is 0 Å². The van der Waals surface area contributed by atoms with E-state index in [1.54, 1.807) is 0 Å². The minimum Gasteiger partial charge on any atom is -0.352 e. The van der Waals surface area contributed by atoms with Gasteiger partial charge in [0.1, 0.15) is 0 Å². The summed E-state index contributed by atoms with van der Waals surface area (Å²) in [5.41, 5.74) is 7.23. The Bertz CT molecular complexity index is 437. The highest BCUT2D eigenvalue weighted by Gasteiger charge is 2.30. The van der Waals surface area contributed by atoms with Gasteiger partial charge in [0.15, 0.2) is 0 Å². The quantitative estimate of drug-likeness (QED) is 0.877. The first-order valence-electron chi connectivity index (χ1n) is 7.27. The monoisotopic (exact) mass is 292 g/mol. The van der Waals surface area contributed by atoms with Gasteiger partial charge in [-0.3, -0.25) is 4.79 Å². The molecule has 0 spiro atoms. The number of carbonyl (C=O) groups excluding carboxylic acids is 1. The lowest BCUT2D eigenvalue weighted by Gasteiger charge is -2.24. The standard InChI is InChI=1S/C16H24N2OS/c1-11(15(17)12-7-4-3-5-8-12)16(19)18-13-9-6-10-14(13)20-2/h3-5,7-8,11,13-15H,6,9-10,17H2,1-2H3,(H,18,19). The fourth-order valence-corrected chi connectivity index (χ4v) is 3.75. The average Bonchev–Trinajstić information content (AvgIpc) is 2.93. The smallest absolute Gasteiger partial charge is 0.224 e. The summed E-state index contributed by atoms with van der Waals surface area (Å²) >= 11 is 1.85. The van der Waals surface area contributed by atoms with Crippen molar-refractivity contribution in [2.45, 2.75) is 43.5 Å². The van der Waals surface area contributed by atoms with Crippen molar-refractivity contribution in [1.82, 2.24) is 5.32 Å². The minimum absolute atomic E-state index is 0.0762. The molecule has 0 aromatic heterocycles. The van der Waals surface area contributed by atoms with Crippen LogP contribution in [-0.2, 0) is 4.79 Å². The highest BCUT2D eigenvalue weighted by Crippen LogP contribution is 2.29. The van der Waals surface area contributed by atoms with Crippen LogP contribution >= 0.6 is 11.8 Å². The highest BCUT2D eigenvalue weighted by atomic mass is 32.2. The SMILES string of the molecule is CSC1CCCC1NC(=O)C(C)C(N)c1ccccc1. The number of nitrogens with two attached hydrogens (primary N) is 1. The van der Waals surface area contributed by atoms with Crippen molar-refractivity contribution in [3.05, 3.63) is 35.9 Å². The van der Waals surface area contributed by atoms with Gasteiger partial charge >= 0.3 is 0 Å². The Morgan fingerprint density at radius 3 is 2.70 bits per heavy atom. The van der Waals surface area contributed by atoms with E-state index >= 15 is 0 Å². The van der Waals surface area contributed by atoms with Gasteiger partial charge in [0.05, 0.1) is 5.92 Å². The number of hydrogen-bond donors (Lipinski definition) is 2. The van der Waals surface area contributed by atoms with Gasteiger partial charge in [-0.05, 0) is 24.7 Å². The van der Waals surface area contributed by atoms with E-state index in [4.69, 9.17) is 5.73 Å². The second-order valence-corrected chi connectivity index (χ2v) is 6.62. The molecule has 2 rings (SSSR count). The fourth-order valence-electron chi connectivity index (χ4n) is 2.81. The number of rotatable bonds is 5. The van der Waals surface area contributed by atoms with Crippen LogP contribution in [0.5, 0.6) is 0 Å². The van der Waals surface area contributed by atoms with Crippen LogP contribution < -0.4 is 11.1 Å². The summed E-state index contributed by atoms with van der Waals surface area (Å²) in [6.07, 6.45) is 5.61. The molecule has 1 aromatic rings. The topological polar surface area (TPSA) is 55.1 Å². The Morgan fingerprint density at radius 2 is 2.05 bits per heavy atom. The molecule has 4 heteroatoms. The number of carbonyl (C=O) groups is 1. The van der Waals surface area contributed by atoms with E-state index in [1.807, 2.05) is 49.0 Å². The molecular weight excluding hydrogens is 268 g/mol. The molecule has 4 unspecified atom stereocenters. The van der Waals surface area contributed by atoms with Crippen molar-refractivity contribution in [1.29, 1.82) is 0 Å². The van der Waals surface area contributed by atoms with Crippen LogP contribution in [0.1, 0.15) is 37.8 Å². The third-order valence-corrected chi connectivity index (χ3v) is 5.39. The largest absolute Gasteiger partial charge is 0.352 e. The molecule has 1 amide bonds. The number of thioether (sulfide) groups is 1. The maximum atomic E-state index is 12.4. The zero-order valence-electron chi connectivity index (χ0n) is 12.2. The summed E-state index contributed by atoms with van der Waals surface area (Å²) in [5.74, 6) is -0.132. The number of amides is 1. The van der Waals surface area contributed by atoms with E-state index in [-0.39, 0.29) is 17.9 Å². The van der Waals surface area contributed by atoms with E-state index in [0.29, 0.717) is 11.3 Å². The molecule has 0 heterocycles. The Morgan fingerprint density at radius 1 is 1.35 bits per heavy atom. The number of hydrogen-bond acceptors (Lipinski definition) is 3. The van der Waals surface area contributed by atoms with Crippen molar-refractivity contribution in [2.75, 3.05) is 6.26 Å². The van der Waals surface area contributed by atoms with E-state index in [9.17, 15) is 4.79 Å². The van der Waals surface area contributed by atoms with E-state index in [0.717, 1.165) is 12.0 Å². The molecule has 0 aliphatic heterocycles. The van der Waals surface area contributed by atoms with Crippen molar-refractivity contribution in [3.63, 3.8) is 0 Å². The summed E-state index contributed by atoms with van der Waals surface area (Å²) in [6, 6.07) is 9.90. The Labute approximate surface area is 125 Å². The molecule has 1 aliphatic carbocycles. The molecule has 0 saturated heterocycles. The molecule has 4 atom stereocenters. The molecule has 3 N–H and O–H groups in total. The lowest BCUT2D eigenvalue weighted by atomic mass is 9.94. The van der Waals surface area contributed by atoms with Gasteiger partial charge < -0.3 is 11.1 Å². The van der Waals surface area contributed by atoms with Crippen molar-refractivity contribution in [3.8, 4) is 0 Å². The summed E-state index contributed by atoms with van der Waals surface area (Å²) < 4.78 is 0. The molecule has 0 radical (unpaired) electrons. The highest BCUT2D eigenvalue weighted by molar-refractivity contribution is 7.99. The van der Waals surface area contributed by atoms with E-state index < -0.39 is 0 Å². The molecule has 1 aromatic carbocycles. The first kappa shape index (κ1) is 15.4. The van der Waals surface area contributed by atoms with Crippen LogP contribution in [0, 0.1) is 5.92 Å². The van der Waals surface area contributed by atoms with Crippen molar-refractivity contribution >= 4 is 17.7 Å². The first-order chi connectivity index (χ1) is 9.63. The van der Waals surface area contributed by atoms with E-state index in [2.05, 4.69) is 11.6 Å². The molecule has 0 bridgehead atoms. The lowest BCUT2D eigenvalue weighted by molar-refractivity contribution is -0.125. The maximum Gasteiger partial charge on any atom is 0.224 e. The third-order valence-electron chi connectivity index (χ3n) is 4.22. The molecule has 1 fully saturated rings. The predicted molar refractivity (Wildman–Crippen MR) is 85.6 cm³/mol. The maximum absolute atomic E-state index is 12.4. The molecule has 20 heavy (non-hydrogen) atoms. The van der Waals surface area contributed by atoms with Gasteiger partial charge in [-0.1, -0.05) is 43.7 Å². The second-order valence-electron chi connectivity index (χ2n) is 5.55. The van der Waals surface area contributed by atoms with Gasteiger partial charge in [0, 0.05) is 17.3 Å². The van der Waals surface area contributed by atoms with Crippen LogP contribution in [0.3, 0.4) is 0 Å². The number of benzene rings is 1. The van der Waals surface area contributed by atoms with Crippen LogP contribution in [-0.4, -0.2) is 23.5 Å². The zero-order chi connectivity index (χ0) is 14.5. The fraction of sp³-hybridized carbons (Fsp3) is 0.562. The minimum atomic E-state index is -0.245. The van der Waals surface area contributed by atoms with Crippen LogP contribution in [0.4, 0.5) is 0 Å². The van der Waals surface area contributed by atoms with Gasteiger partial charge in [0.25, 0.3) is 0 Å². The van der Waals surface area contributed by atoms with Gasteiger partial charge in [0.2, 0.25) is 5.91 Å². The summed E-state index contributed by atoms with van der Waals surface area (Å²) in [5, 5.41) is 3.75. The zero-order valence-corrected chi connectivity index (χ0v) is 13.0. The van der Waals surface area contributed by atoms with Gasteiger partial charge in [-0.2, -0.15) is 11.8 Å².